The van der Waals surface area contributed by atoms with E-state index in [0.717, 1.165) is 5.69 Å². The van der Waals surface area contributed by atoms with E-state index in [2.05, 4.69) is 0 Å². The third-order valence-electron chi connectivity index (χ3n) is 2.95. The summed E-state index contributed by atoms with van der Waals surface area (Å²) in [5.41, 5.74) is 0.765. The highest BCUT2D eigenvalue weighted by Gasteiger charge is 2.11. The van der Waals surface area contributed by atoms with Gasteiger partial charge in [-0.25, -0.2) is 0 Å². The minimum absolute atomic E-state index is 0.0499. The maximum atomic E-state index is 10.7. The fraction of sp³-hybridized carbons (Fsp3) is 0.467. The first-order valence-electron chi connectivity index (χ1n) is 6.93. The fourth-order valence-corrected chi connectivity index (χ4v) is 1.83. The lowest BCUT2D eigenvalue weighted by Crippen LogP contribution is -2.28. The highest BCUT2D eigenvalue weighted by atomic mass is 16.5. The average molecular weight is 311 g/mol. The third-order valence-corrected chi connectivity index (χ3v) is 2.95. The van der Waals surface area contributed by atoms with Gasteiger partial charge in [-0.15, -0.1) is 0 Å². The Kier molecular flexibility index (Phi) is 7.77. The van der Waals surface area contributed by atoms with Crippen LogP contribution in [0.25, 0.3) is 0 Å². The number of hydrogen-bond donors (Lipinski definition) is 2. The van der Waals surface area contributed by atoms with E-state index >= 15 is 0 Å². The average Bonchev–Trinajstić information content (AvgIpc) is 2.48. The second-order valence-electron chi connectivity index (χ2n) is 4.61. The minimum atomic E-state index is -0.917. The van der Waals surface area contributed by atoms with Crippen LogP contribution in [0.4, 0.5) is 5.69 Å². The highest BCUT2D eigenvalue weighted by Crippen LogP contribution is 2.20. The van der Waals surface area contributed by atoms with E-state index in [1.807, 2.05) is 0 Å². The molecule has 122 valence electrons. The van der Waals surface area contributed by atoms with Crippen LogP contribution in [0.15, 0.2) is 24.3 Å². The number of aliphatic carboxylic acids is 2. The molecule has 0 heterocycles. The molecule has 0 aliphatic rings. The van der Waals surface area contributed by atoms with E-state index in [-0.39, 0.29) is 25.9 Å². The number of rotatable bonds is 11. The zero-order valence-electron chi connectivity index (χ0n) is 12.5. The van der Waals surface area contributed by atoms with Crippen molar-refractivity contribution in [1.29, 1.82) is 0 Å². The van der Waals surface area contributed by atoms with Gasteiger partial charge in [0.2, 0.25) is 0 Å². The van der Waals surface area contributed by atoms with E-state index in [9.17, 15) is 9.59 Å². The molecule has 0 saturated heterocycles. The molecule has 1 aromatic carbocycles. The lowest BCUT2D eigenvalue weighted by molar-refractivity contribution is -0.137. The first-order valence-corrected chi connectivity index (χ1v) is 6.93. The van der Waals surface area contributed by atoms with Gasteiger partial charge < -0.3 is 24.6 Å². The van der Waals surface area contributed by atoms with Crippen molar-refractivity contribution in [2.75, 3.05) is 38.3 Å². The number of benzene rings is 1. The maximum Gasteiger partial charge on any atom is 0.305 e. The number of carboxylic acid groups (broad SMARTS) is 2. The van der Waals surface area contributed by atoms with Gasteiger partial charge in [0, 0.05) is 25.9 Å². The van der Waals surface area contributed by atoms with Crippen LogP contribution in [0.1, 0.15) is 12.8 Å². The quantitative estimate of drug-likeness (QED) is 0.597. The summed E-state index contributed by atoms with van der Waals surface area (Å²) in [4.78, 5) is 23.1. The van der Waals surface area contributed by atoms with Gasteiger partial charge in [-0.3, -0.25) is 9.59 Å². The monoisotopic (exact) mass is 311 g/mol. The van der Waals surface area contributed by atoms with Crippen molar-refractivity contribution in [1.82, 2.24) is 0 Å². The molecule has 0 spiro atoms. The molecule has 0 amide bonds. The molecular formula is C15H21NO6. The second-order valence-corrected chi connectivity index (χ2v) is 4.61. The predicted molar refractivity (Wildman–Crippen MR) is 80.5 cm³/mol. The van der Waals surface area contributed by atoms with Gasteiger partial charge in [0.05, 0.1) is 19.4 Å². The van der Waals surface area contributed by atoms with Gasteiger partial charge in [-0.05, 0) is 24.3 Å². The summed E-state index contributed by atoms with van der Waals surface area (Å²) in [7, 11) is 1.59. The van der Waals surface area contributed by atoms with Crippen molar-refractivity contribution in [3.63, 3.8) is 0 Å². The van der Waals surface area contributed by atoms with Gasteiger partial charge in [-0.1, -0.05) is 0 Å². The van der Waals surface area contributed by atoms with Crippen LogP contribution in [0.3, 0.4) is 0 Å². The first-order chi connectivity index (χ1) is 10.5. The molecule has 22 heavy (non-hydrogen) atoms. The Balaban J connectivity index is 2.66. The lowest BCUT2D eigenvalue weighted by Gasteiger charge is -2.23. The number of nitrogens with zero attached hydrogens (tertiary/aromatic N) is 1. The molecule has 0 radical (unpaired) electrons. The Bertz CT molecular complexity index is 455. The Hall–Kier alpha value is -2.28. The van der Waals surface area contributed by atoms with E-state index in [4.69, 9.17) is 19.7 Å². The molecule has 7 heteroatoms. The fourth-order valence-electron chi connectivity index (χ4n) is 1.83. The molecular weight excluding hydrogens is 290 g/mol. The summed E-state index contributed by atoms with van der Waals surface area (Å²) in [6.07, 6.45) is -0.0998. The number of carbonyl (C=O) groups is 2. The Morgan fingerprint density at radius 2 is 1.55 bits per heavy atom. The van der Waals surface area contributed by atoms with Crippen molar-refractivity contribution >= 4 is 17.6 Å². The molecule has 1 aromatic rings. The molecule has 0 atom stereocenters. The van der Waals surface area contributed by atoms with Gasteiger partial charge in [0.1, 0.15) is 12.4 Å². The zero-order chi connectivity index (χ0) is 16.4. The summed E-state index contributed by atoms with van der Waals surface area (Å²) in [6.45, 7) is 1.45. The molecule has 0 aromatic heterocycles. The zero-order valence-corrected chi connectivity index (χ0v) is 12.5. The SMILES string of the molecule is COCCOc1ccc(N(CCC(=O)O)CCC(=O)O)cc1. The van der Waals surface area contributed by atoms with Crippen LogP contribution in [-0.4, -0.2) is 55.6 Å². The van der Waals surface area contributed by atoms with E-state index < -0.39 is 11.9 Å². The normalized spacial score (nSPS) is 10.2. The summed E-state index contributed by atoms with van der Waals surface area (Å²) >= 11 is 0. The van der Waals surface area contributed by atoms with Crippen LogP contribution in [0.2, 0.25) is 0 Å². The second kappa shape index (κ2) is 9.62. The first kappa shape index (κ1) is 17.8. The highest BCUT2D eigenvalue weighted by molar-refractivity contribution is 5.69. The van der Waals surface area contributed by atoms with Crippen LogP contribution >= 0.6 is 0 Å². The maximum absolute atomic E-state index is 10.7. The smallest absolute Gasteiger partial charge is 0.305 e. The molecule has 2 N–H and O–H groups in total. The summed E-state index contributed by atoms with van der Waals surface area (Å²) < 4.78 is 10.3. The lowest BCUT2D eigenvalue weighted by atomic mass is 10.2. The summed E-state index contributed by atoms with van der Waals surface area (Å²) in [5, 5.41) is 17.6. The van der Waals surface area contributed by atoms with Crippen LogP contribution in [0, 0.1) is 0 Å². The number of hydrogen-bond acceptors (Lipinski definition) is 5. The molecule has 0 aliphatic carbocycles. The molecule has 0 unspecified atom stereocenters. The van der Waals surface area contributed by atoms with Crippen LogP contribution < -0.4 is 9.64 Å². The number of anilines is 1. The van der Waals surface area contributed by atoms with Crippen molar-refractivity contribution in [3.05, 3.63) is 24.3 Å². The van der Waals surface area contributed by atoms with Gasteiger partial charge in [0.25, 0.3) is 0 Å². The van der Waals surface area contributed by atoms with E-state index in [1.54, 1.807) is 36.3 Å². The van der Waals surface area contributed by atoms with Crippen LogP contribution in [0.5, 0.6) is 5.75 Å². The number of carboxylic acids is 2. The molecule has 7 nitrogen and oxygen atoms in total. The number of methoxy groups -OCH3 is 1. The third kappa shape index (κ3) is 6.94. The van der Waals surface area contributed by atoms with Crippen molar-refractivity contribution in [3.8, 4) is 5.75 Å². The molecule has 0 saturated carbocycles. The van der Waals surface area contributed by atoms with Crippen LogP contribution in [-0.2, 0) is 14.3 Å². The summed E-state index contributed by atoms with van der Waals surface area (Å²) in [5.74, 6) is -1.16. The summed E-state index contributed by atoms with van der Waals surface area (Å²) in [6, 6.07) is 7.09. The molecule has 0 aliphatic heterocycles. The molecule has 0 bridgehead atoms. The van der Waals surface area contributed by atoms with E-state index in [1.165, 1.54) is 0 Å². The molecule has 0 fully saturated rings. The predicted octanol–water partition coefficient (Wildman–Crippen LogP) is 1.47. The Morgan fingerprint density at radius 1 is 1.00 bits per heavy atom. The van der Waals surface area contributed by atoms with Crippen molar-refractivity contribution in [2.24, 2.45) is 0 Å². The van der Waals surface area contributed by atoms with Gasteiger partial charge in [-0.2, -0.15) is 0 Å². The van der Waals surface area contributed by atoms with Crippen molar-refractivity contribution in [2.45, 2.75) is 12.8 Å². The Morgan fingerprint density at radius 3 is 2.00 bits per heavy atom. The van der Waals surface area contributed by atoms with Crippen molar-refractivity contribution < 1.29 is 29.3 Å². The van der Waals surface area contributed by atoms with Gasteiger partial charge >= 0.3 is 11.9 Å². The molecule has 1 rings (SSSR count). The Labute approximate surface area is 129 Å². The largest absolute Gasteiger partial charge is 0.491 e. The topological polar surface area (TPSA) is 96.3 Å². The minimum Gasteiger partial charge on any atom is -0.491 e. The van der Waals surface area contributed by atoms with Gasteiger partial charge in [0.15, 0.2) is 0 Å². The number of ether oxygens (including phenoxy) is 2. The standard InChI is InChI=1S/C15H21NO6/c1-21-10-11-22-13-4-2-12(3-5-13)16(8-6-14(17)18)9-7-15(19)20/h2-5H,6-11H2,1H3,(H,17,18)(H,19,20). The van der Waals surface area contributed by atoms with E-state index in [0.29, 0.717) is 19.0 Å².